The van der Waals surface area contributed by atoms with Gasteiger partial charge in [-0.05, 0) is 32.9 Å². The van der Waals surface area contributed by atoms with Gasteiger partial charge < -0.3 is 0 Å². The molecule has 0 atom stereocenters. The average molecular weight is 246 g/mol. The summed E-state index contributed by atoms with van der Waals surface area (Å²) in [5.74, 6) is 0.567. The maximum Gasteiger partial charge on any atom is 0.254 e. The number of nitrogens with zero attached hydrogens (tertiary/aromatic N) is 4. The highest BCUT2D eigenvalue weighted by Crippen LogP contribution is 2.26. The van der Waals surface area contributed by atoms with Gasteiger partial charge in [-0.15, -0.1) is 4.91 Å². The van der Waals surface area contributed by atoms with Gasteiger partial charge in [-0.25, -0.2) is 9.97 Å². The molecule has 18 heavy (non-hydrogen) atoms. The Labute approximate surface area is 104 Å². The Hall–Kier alpha value is -2.11. The number of rotatable bonds is 2. The lowest BCUT2D eigenvalue weighted by atomic mass is 10.2. The van der Waals surface area contributed by atoms with E-state index in [-0.39, 0.29) is 17.3 Å². The molecule has 2 aromatic rings. The number of hydrogen-bond acceptors (Lipinski definition) is 5. The fraction of sp³-hybridized carbons (Fsp3) is 0.417. The molecule has 0 aliphatic carbocycles. The molecule has 0 amide bonds. The first-order valence-corrected chi connectivity index (χ1v) is 5.69. The second kappa shape index (κ2) is 4.29. The molecule has 2 rings (SSSR count). The van der Waals surface area contributed by atoms with Gasteiger partial charge in [0.15, 0.2) is 0 Å². The fourth-order valence-electron chi connectivity index (χ4n) is 2.10. The zero-order valence-corrected chi connectivity index (χ0v) is 10.8. The number of pyridine rings is 1. The summed E-state index contributed by atoms with van der Waals surface area (Å²) in [7, 11) is 0. The van der Waals surface area contributed by atoms with Crippen LogP contribution in [0, 0.1) is 18.8 Å². The first-order chi connectivity index (χ1) is 8.45. The molecule has 2 heterocycles. The zero-order valence-electron chi connectivity index (χ0n) is 10.8. The SMILES string of the molecule is Cc1nc(C)c2c(N=O)cc(=O)n(C(C)C)c2n1. The Morgan fingerprint density at radius 2 is 1.94 bits per heavy atom. The number of aromatic nitrogens is 3. The quantitative estimate of drug-likeness (QED) is 0.762. The van der Waals surface area contributed by atoms with Gasteiger partial charge in [-0.2, -0.15) is 0 Å². The molecular formula is C12H14N4O2. The third-order valence-corrected chi connectivity index (χ3v) is 2.78. The van der Waals surface area contributed by atoms with Crippen LogP contribution < -0.4 is 5.56 Å². The molecule has 6 nitrogen and oxygen atoms in total. The van der Waals surface area contributed by atoms with Gasteiger partial charge in [0.2, 0.25) is 0 Å². The first-order valence-electron chi connectivity index (χ1n) is 5.69. The van der Waals surface area contributed by atoms with Crippen LogP contribution >= 0.6 is 0 Å². The molecule has 6 heteroatoms. The Bertz CT molecular complexity index is 689. The lowest BCUT2D eigenvalue weighted by Gasteiger charge is -2.14. The molecule has 0 unspecified atom stereocenters. The Balaban J connectivity index is 3.08. The van der Waals surface area contributed by atoms with E-state index in [9.17, 15) is 9.70 Å². The molecule has 0 bridgehead atoms. The van der Waals surface area contributed by atoms with Gasteiger partial charge >= 0.3 is 0 Å². The molecule has 0 spiro atoms. The van der Waals surface area contributed by atoms with Crippen LogP contribution in [0.5, 0.6) is 0 Å². The lowest BCUT2D eigenvalue weighted by molar-refractivity contribution is 0.594. The van der Waals surface area contributed by atoms with E-state index >= 15 is 0 Å². The molecule has 0 radical (unpaired) electrons. The van der Waals surface area contributed by atoms with Crippen LogP contribution in [0.25, 0.3) is 11.0 Å². The maximum absolute atomic E-state index is 12.0. The standard InChI is InChI=1S/C12H14N4O2/c1-6(2)16-10(17)5-9(15-18)11-7(3)13-8(4)14-12(11)16/h5-6H,1-4H3. The van der Waals surface area contributed by atoms with E-state index in [0.29, 0.717) is 22.6 Å². The minimum atomic E-state index is -0.274. The molecule has 0 saturated carbocycles. The molecular weight excluding hydrogens is 232 g/mol. The Morgan fingerprint density at radius 1 is 1.28 bits per heavy atom. The van der Waals surface area contributed by atoms with Crippen molar-refractivity contribution in [1.29, 1.82) is 0 Å². The van der Waals surface area contributed by atoms with E-state index < -0.39 is 0 Å². The molecule has 0 fully saturated rings. The van der Waals surface area contributed by atoms with E-state index in [2.05, 4.69) is 15.1 Å². The second-order valence-corrected chi connectivity index (χ2v) is 4.48. The van der Waals surface area contributed by atoms with Gasteiger partial charge in [0.25, 0.3) is 5.56 Å². The Morgan fingerprint density at radius 3 is 2.50 bits per heavy atom. The molecule has 0 aliphatic heterocycles. The number of hydrogen-bond donors (Lipinski definition) is 0. The van der Waals surface area contributed by atoms with Gasteiger partial charge in [0, 0.05) is 12.1 Å². The fourth-order valence-corrected chi connectivity index (χ4v) is 2.10. The van der Waals surface area contributed by atoms with Crippen molar-refractivity contribution in [3.05, 3.63) is 32.8 Å². The molecule has 94 valence electrons. The summed E-state index contributed by atoms with van der Waals surface area (Å²) in [6.07, 6.45) is 0. The molecule has 0 saturated heterocycles. The van der Waals surface area contributed by atoms with E-state index in [4.69, 9.17) is 0 Å². The third kappa shape index (κ3) is 1.79. The van der Waals surface area contributed by atoms with Gasteiger partial charge in [0.05, 0.1) is 11.1 Å². The van der Waals surface area contributed by atoms with Crippen molar-refractivity contribution in [3.8, 4) is 0 Å². The minimum Gasteiger partial charge on any atom is -0.290 e. The van der Waals surface area contributed by atoms with E-state index in [1.807, 2.05) is 13.8 Å². The maximum atomic E-state index is 12.0. The number of nitroso groups, excluding NO2 is 1. The van der Waals surface area contributed by atoms with Crippen molar-refractivity contribution in [3.63, 3.8) is 0 Å². The topological polar surface area (TPSA) is 77.2 Å². The summed E-state index contributed by atoms with van der Waals surface area (Å²) in [6, 6.07) is 1.19. The van der Waals surface area contributed by atoms with Crippen LogP contribution in [0.2, 0.25) is 0 Å². The predicted molar refractivity (Wildman–Crippen MR) is 69.1 cm³/mol. The van der Waals surface area contributed by atoms with E-state index in [1.165, 1.54) is 6.07 Å². The molecule has 2 aromatic heterocycles. The van der Waals surface area contributed by atoms with Crippen molar-refractivity contribution in [2.24, 2.45) is 5.18 Å². The summed E-state index contributed by atoms with van der Waals surface area (Å²) in [5, 5.41) is 3.45. The van der Waals surface area contributed by atoms with Crippen LogP contribution in [-0.4, -0.2) is 14.5 Å². The third-order valence-electron chi connectivity index (χ3n) is 2.78. The van der Waals surface area contributed by atoms with Crippen molar-refractivity contribution < 1.29 is 0 Å². The van der Waals surface area contributed by atoms with E-state index in [0.717, 1.165) is 0 Å². The van der Waals surface area contributed by atoms with Crippen LogP contribution in [0.15, 0.2) is 16.0 Å². The first kappa shape index (κ1) is 12.3. The zero-order chi connectivity index (χ0) is 13.4. The predicted octanol–water partition coefficient (Wildman–Crippen LogP) is 2.39. The normalized spacial score (nSPS) is 11.2. The second-order valence-electron chi connectivity index (χ2n) is 4.48. The van der Waals surface area contributed by atoms with Crippen molar-refractivity contribution in [2.45, 2.75) is 33.7 Å². The highest BCUT2D eigenvalue weighted by atomic mass is 16.3. The van der Waals surface area contributed by atoms with Gasteiger partial charge in [0.1, 0.15) is 17.2 Å². The monoisotopic (exact) mass is 246 g/mol. The molecule has 0 N–H and O–H groups in total. The van der Waals surface area contributed by atoms with E-state index in [1.54, 1.807) is 18.4 Å². The largest absolute Gasteiger partial charge is 0.290 e. The van der Waals surface area contributed by atoms with Crippen molar-refractivity contribution in [1.82, 2.24) is 14.5 Å². The van der Waals surface area contributed by atoms with Crippen molar-refractivity contribution >= 4 is 16.7 Å². The summed E-state index contributed by atoms with van der Waals surface area (Å²) in [6.45, 7) is 7.31. The van der Waals surface area contributed by atoms with Crippen molar-refractivity contribution in [2.75, 3.05) is 0 Å². The summed E-state index contributed by atoms with van der Waals surface area (Å²) >= 11 is 0. The summed E-state index contributed by atoms with van der Waals surface area (Å²) in [5.41, 5.74) is 0.951. The van der Waals surface area contributed by atoms with Gasteiger partial charge in [-0.3, -0.25) is 9.36 Å². The van der Waals surface area contributed by atoms with Crippen LogP contribution in [0.3, 0.4) is 0 Å². The highest BCUT2D eigenvalue weighted by Gasteiger charge is 2.16. The summed E-state index contributed by atoms with van der Waals surface area (Å²) < 4.78 is 1.55. The van der Waals surface area contributed by atoms with Crippen LogP contribution in [-0.2, 0) is 0 Å². The highest BCUT2D eigenvalue weighted by molar-refractivity contribution is 5.89. The van der Waals surface area contributed by atoms with Crippen LogP contribution in [0.4, 0.5) is 5.69 Å². The minimum absolute atomic E-state index is 0.0468. The number of fused-ring (bicyclic) bond motifs is 1. The summed E-state index contributed by atoms with van der Waals surface area (Å²) in [4.78, 5) is 31.3. The smallest absolute Gasteiger partial charge is 0.254 e. The number of aryl methyl sites for hydroxylation is 2. The Kier molecular flexibility index (Phi) is 2.94. The molecule has 0 aromatic carbocycles. The van der Waals surface area contributed by atoms with Gasteiger partial charge in [-0.1, -0.05) is 0 Å². The molecule has 0 aliphatic rings. The van der Waals surface area contributed by atoms with Crippen LogP contribution in [0.1, 0.15) is 31.4 Å². The lowest BCUT2D eigenvalue weighted by Crippen LogP contribution is -2.22. The average Bonchev–Trinajstić information content (AvgIpc) is 2.26.